The zero-order valence-electron chi connectivity index (χ0n) is 15.0. The lowest BCUT2D eigenvalue weighted by Gasteiger charge is -2.18. The fraction of sp³-hybridized carbons (Fsp3) is 0.556. The first-order valence-electron chi connectivity index (χ1n) is 8.28. The van der Waals surface area contributed by atoms with Crippen LogP contribution in [0.4, 0.5) is 5.69 Å². The molecule has 1 unspecified atom stereocenters. The molecule has 2 rings (SSSR count). The van der Waals surface area contributed by atoms with Crippen molar-refractivity contribution >= 4 is 17.5 Å². The number of aryl methyl sites for hydroxylation is 1. The summed E-state index contributed by atoms with van der Waals surface area (Å²) in [5.41, 5.74) is 1.69. The van der Waals surface area contributed by atoms with E-state index >= 15 is 0 Å². The van der Waals surface area contributed by atoms with Crippen LogP contribution in [0.25, 0.3) is 0 Å². The quantitative estimate of drug-likeness (QED) is 0.826. The van der Waals surface area contributed by atoms with Gasteiger partial charge in [-0.1, -0.05) is 6.07 Å². The predicted molar refractivity (Wildman–Crippen MR) is 94.2 cm³/mol. The third-order valence-electron chi connectivity index (χ3n) is 4.23. The summed E-state index contributed by atoms with van der Waals surface area (Å²) in [6.45, 7) is 4.09. The number of carbonyl (C=O) groups excluding carboxylic acids is 2. The molecule has 1 fully saturated rings. The summed E-state index contributed by atoms with van der Waals surface area (Å²) in [4.78, 5) is 28.5. The molecule has 24 heavy (non-hydrogen) atoms. The smallest absolute Gasteiger partial charge is 0.229 e. The molecule has 1 atom stereocenters. The summed E-state index contributed by atoms with van der Waals surface area (Å²) in [6, 6.07) is 5.64. The lowest BCUT2D eigenvalue weighted by Crippen LogP contribution is -2.30. The average molecular weight is 333 g/mol. The van der Waals surface area contributed by atoms with Gasteiger partial charge in [0.25, 0.3) is 0 Å². The zero-order valence-corrected chi connectivity index (χ0v) is 15.0. The molecule has 0 spiro atoms. The second kappa shape index (κ2) is 8.15. The van der Waals surface area contributed by atoms with E-state index in [0.717, 1.165) is 18.5 Å². The van der Waals surface area contributed by atoms with E-state index < -0.39 is 0 Å². The summed E-state index contributed by atoms with van der Waals surface area (Å²) >= 11 is 0. The van der Waals surface area contributed by atoms with Crippen LogP contribution in [0.1, 0.15) is 18.4 Å². The number of hydrogen-bond donors (Lipinski definition) is 1. The van der Waals surface area contributed by atoms with Crippen LogP contribution in [-0.2, 0) is 9.59 Å². The molecular formula is C18H27N3O3. The van der Waals surface area contributed by atoms with Crippen LogP contribution < -0.4 is 10.1 Å². The van der Waals surface area contributed by atoms with Gasteiger partial charge in [-0.25, -0.2) is 0 Å². The summed E-state index contributed by atoms with van der Waals surface area (Å²) in [7, 11) is 5.60. The third kappa shape index (κ3) is 4.71. The van der Waals surface area contributed by atoms with Gasteiger partial charge in [0.05, 0.1) is 18.7 Å². The molecule has 0 radical (unpaired) electrons. The van der Waals surface area contributed by atoms with Crippen molar-refractivity contribution in [3.8, 4) is 5.75 Å². The molecule has 1 aliphatic rings. The Hall–Kier alpha value is -2.08. The molecule has 132 valence electrons. The van der Waals surface area contributed by atoms with Gasteiger partial charge in [0.2, 0.25) is 11.8 Å². The molecule has 0 saturated carbocycles. The summed E-state index contributed by atoms with van der Waals surface area (Å²) in [6.07, 6.45) is 1.20. The van der Waals surface area contributed by atoms with Crippen LogP contribution in [-0.4, -0.2) is 62.5 Å². The van der Waals surface area contributed by atoms with Gasteiger partial charge >= 0.3 is 0 Å². The summed E-state index contributed by atoms with van der Waals surface area (Å²) in [5.74, 6) is 0.260. The molecule has 6 heteroatoms. The normalized spacial score (nSPS) is 17.5. The van der Waals surface area contributed by atoms with E-state index in [2.05, 4.69) is 10.2 Å². The van der Waals surface area contributed by atoms with E-state index in [1.165, 1.54) is 0 Å². The minimum absolute atomic E-state index is 0.0603. The number of rotatable bonds is 7. The van der Waals surface area contributed by atoms with E-state index in [1.807, 2.05) is 39.2 Å². The first-order chi connectivity index (χ1) is 11.4. The van der Waals surface area contributed by atoms with Crippen LogP contribution in [0.2, 0.25) is 0 Å². The van der Waals surface area contributed by atoms with Gasteiger partial charge < -0.3 is 19.9 Å². The van der Waals surface area contributed by atoms with Gasteiger partial charge in [0.15, 0.2) is 0 Å². The van der Waals surface area contributed by atoms with E-state index in [0.29, 0.717) is 24.5 Å². The van der Waals surface area contributed by atoms with Crippen molar-refractivity contribution in [2.45, 2.75) is 19.8 Å². The standard InChI is InChI=1S/C18H27N3O3/c1-13-6-7-16(24-4)15(10-13)19-18(23)14-11-17(22)21(12-14)9-5-8-20(2)3/h6-7,10,14H,5,8-9,11-12H2,1-4H3,(H,19,23). The maximum atomic E-state index is 12.5. The van der Waals surface area contributed by atoms with Crippen molar-refractivity contribution < 1.29 is 14.3 Å². The molecule has 1 heterocycles. The van der Waals surface area contributed by atoms with Gasteiger partial charge in [-0.3, -0.25) is 9.59 Å². The van der Waals surface area contributed by atoms with Gasteiger partial charge in [-0.2, -0.15) is 0 Å². The Morgan fingerprint density at radius 3 is 2.83 bits per heavy atom. The Kier molecular flexibility index (Phi) is 6.20. The van der Waals surface area contributed by atoms with Crippen molar-refractivity contribution in [1.82, 2.24) is 9.80 Å². The number of benzene rings is 1. The van der Waals surface area contributed by atoms with Crippen LogP contribution in [0.3, 0.4) is 0 Å². The molecule has 1 saturated heterocycles. The molecule has 6 nitrogen and oxygen atoms in total. The Morgan fingerprint density at radius 2 is 2.17 bits per heavy atom. The molecule has 1 aliphatic heterocycles. The summed E-state index contributed by atoms with van der Waals surface area (Å²) in [5, 5.41) is 2.91. The number of likely N-dealkylation sites (tertiary alicyclic amines) is 1. The fourth-order valence-electron chi connectivity index (χ4n) is 2.90. The molecular weight excluding hydrogens is 306 g/mol. The fourth-order valence-corrected chi connectivity index (χ4v) is 2.90. The minimum Gasteiger partial charge on any atom is -0.495 e. The van der Waals surface area contributed by atoms with Crippen molar-refractivity contribution in [1.29, 1.82) is 0 Å². The number of ether oxygens (including phenoxy) is 1. The van der Waals surface area contributed by atoms with Gasteiger partial charge in [0.1, 0.15) is 5.75 Å². The second-order valence-electron chi connectivity index (χ2n) is 6.59. The number of nitrogens with one attached hydrogen (secondary N) is 1. The highest BCUT2D eigenvalue weighted by molar-refractivity contribution is 5.98. The lowest BCUT2D eigenvalue weighted by atomic mass is 10.1. The highest BCUT2D eigenvalue weighted by Gasteiger charge is 2.34. The largest absolute Gasteiger partial charge is 0.495 e. The molecule has 0 aromatic heterocycles. The lowest BCUT2D eigenvalue weighted by molar-refractivity contribution is -0.128. The highest BCUT2D eigenvalue weighted by atomic mass is 16.5. The van der Waals surface area contributed by atoms with Crippen LogP contribution in [0.5, 0.6) is 5.75 Å². The Bertz CT molecular complexity index is 601. The van der Waals surface area contributed by atoms with Crippen molar-refractivity contribution in [3.05, 3.63) is 23.8 Å². The number of amides is 2. The van der Waals surface area contributed by atoms with Crippen LogP contribution >= 0.6 is 0 Å². The SMILES string of the molecule is COc1ccc(C)cc1NC(=O)C1CC(=O)N(CCCN(C)C)C1. The molecule has 0 bridgehead atoms. The van der Waals surface area contributed by atoms with Gasteiger partial charge in [-0.05, 0) is 51.7 Å². The first-order valence-corrected chi connectivity index (χ1v) is 8.28. The van der Waals surface area contributed by atoms with E-state index in [4.69, 9.17) is 4.74 Å². The molecule has 1 aromatic rings. The number of hydrogen-bond acceptors (Lipinski definition) is 4. The average Bonchev–Trinajstić information content (AvgIpc) is 2.88. The van der Waals surface area contributed by atoms with Crippen LogP contribution in [0, 0.1) is 12.8 Å². The Morgan fingerprint density at radius 1 is 1.42 bits per heavy atom. The maximum Gasteiger partial charge on any atom is 0.229 e. The monoisotopic (exact) mass is 333 g/mol. The van der Waals surface area contributed by atoms with Crippen LogP contribution in [0.15, 0.2) is 18.2 Å². The zero-order chi connectivity index (χ0) is 17.7. The van der Waals surface area contributed by atoms with Gasteiger partial charge in [-0.15, -0.1) is 0 Å². The van der Waals surface area contributed by atoms with Crippen molar-refractivity contribution in [2.24, 2.45) is 5.92 Å². The number of nitrogens with zero attached hydrogens (tertiary/aromatic N) is 2. The number of methoxy groups -OCH3 is 1. The molecule has 0 aliphatic carbocycles. The molecule has 1 N–H and O–H groups in total. The van der Waals surface area contributed by atoms with Gasteiger partial charge in [0, 0.05) is 19.5 Å². The van der Waals surface area contributed by atoms with Crippen molar-refractivity contribution in [2.75, 3.05) is 46.2 Å². The maximum absolute atomic E-state index is 12.5. The number of carbonyl (C=O) groups is 2. The second-order valence-corrected chi connectivity index (χ2v) is 6.59. The Labute approximate surface area is 143 Å². The number of anilines is 1. The highest BCUT2D eigenvalue weighted by Crippen LogP contribution is 2.27. The molecule has 1 aromatic carbocycles. The molecule has 2 amide bonds. The van der Waals surface area contributed by atoms with Crippen molar-refractivity contribution in [3.63, 3.8) is 0 Å². The van der Waals surface area contributed by atoms with E-state index in [-0.39, 0.29) is 24.2 Å². The topological polar surface area (TPSA) is 61.9 Å². The van der Waals surface area contributed by atoms with E-state index in [1.54, 1.807) is 12.0 Å². The minimum atomic E-state index is -0.304. The Balaban J connectivity index is 1.94. The third-order valence-corrected chi connectivity index (χ3v) is 4.23. The predicted octanol–water partition coefficient (Wildman–Crippen LogP) is 1.74. The van der Waals surface area contributed by atoms with E-state index in [9.17, 15) is 9.59 Å². The summed E-state index contributed by atoms with van der Waals surface area (Å²) < 4.78 is 5.28. The first kappa shape index (κ1) is 18.3.